The molecule has 0 bridgehead atoms. The van der Waals surface area contributed by atoms with Crippen molar-refractivity contribution in [3.05, 3.63) is 34.6 Å². The summed E-state index contributed by atoms with van der Waals surface area (Å²) in [7, 11) is 1.81. The second kappa shape index (κ2) is 5.80. The van der Waals surface area contributed by atoms with E-state index in [9.17, 15) is 4.39 Å². The van der Waals surface area contributed by atoms with E-state index < -0.39 is 0 Å². The van der Waals surface area contributed by atoms with Crippen LogP contribution in [0.1, 0.15) is 38.3 Å². The predicted octanol–water partition coefficient (Wildman–Crippen LogP) is 3.26. The largest absolute Gasteiger partial charge is 0.326 e. The Balaban J connectivity index is 2.82. The third kappa shape index (κ3) is 4.62. The number of hydrogen-bond donors (Lipinski definition) is 2. The van der Waals surface area contributed by atoms with E-state index in [2.05, 4.69) is 5.32 Å². The Hall–Kier alpha value is -0.640. The van der Waals surface area contributed by atoms with Crippen molar-refractivity contribution in [3.8, 4) is 0 Å². The van der Waals surface area contributed by atoms with Gasteiger partial charge in [0.05, 0.1) is 0 Å². The highest BCUT2D eigenvalue weighted by Crippen LogP contribution is 2.26. The molecule has 0 spiro atoms. The molecule has 0 fully saturated rings. The van der Waals surface area contributed by atoms with Crippen LogP contribution in [-0.4, -0.2) is 12.6 Å². The summed E-state index contributed by atoms with van der Waals surface area (Å²) in [6, 6.07) is 4.56. The molecule has 4 heteroatoms. The first-order chi connectivity index (χ1) is 7.83. The molecule has 0 saturated carbocycles. The topological polar surface area (TPSA) is 38.0 Å². The maximum absolute atomic E-state index is 13.7. The second-order valence-corrected chi connectivity index (χ2v) is 5.47. The van der Waals surface area contributed by atoms with E-state index in [-0.39, 0.29) is 17.4 Å². The molecule has 1 aromatic carbocycles. The van der Waals surface area contributed by atoms with Crippen LogP contribution in [0.25, 0.3) is 0 Å². The molecule has 0 amide bonds. The number of rotatable bonds is 5. The summed E-state index contributed by atoms with van der Waals surface area (Å²) in [5.41, 5.74) is 6.29. The zero-order valence-corrected chi connectivity index (χ0v) is 11.3. The highest BCUT2D eigenvalue weighted by atomic mass is 35.5. The number of hydrogen-bond acceptors (Lipinski definition) is 2. The SMILES string of the molecule is CNC(CCC(C)(C)N)c1cc(Cl)ccc1F. The van der Waals surface area contributed by atoms with E-state index in [1.807, 2.05) is 20.9 Å². The zero-order chi connectivity index (χ0) is 13.1. The third-order valence-corrected chi connectivity index (χ3v) is 2.99. The van der Waals surface area contributed by atoms with Gasteiger partial charge >= 0.3 is 0 Å². The van der Waals surface area contributed by atoms with Gasteiger partial charge in [-0.3, -0.25) is 0 Å². The minimum absolute atomic E-state index is 0.0588. The average molecular weight is 259 g/mol. The summed E-state index contributed by atoms with van der Waals surface area (Å²) < 4.78 is 13.7. The third-order valence-electron chi connectivity index (χ3n) is 2.76. The maximum atomic E-state index is 13.7. The van der Waals surface area contributed by atoms with Crippen LogP contribution >= 0.6 is 11.6 Å². The molecule has 1 aromatic rings. The maximum Gasteiger partial charge on any atom is 0.128 e. The highest BCUT2D eigenvalue weighted by Gasteiger charge is 2.18. The molecule has 0 aliphatic rings. The summed E-state index contributed by atoms with van der Waals surface area (Å²) in [5, 5.41) is 3.65. The van der Waals surface area contributed by atoms with Gasteiger partial charge in [-0.1, -0.05) is 11.6 Å². The van der Waals surface area contributed by atoms with Crippen molar-refractivity contribution in [3.63, 3.8) is 0 Å². The number of nitrogens with two attached hydrogens (primary N) is 1. The lowest BCUT2D eigenvalue weighted by atomic mass is 9.93. The van der Waals surface area contributed by atoms with Crippen molar-refractivity contribution in [2.24, 2.45) is 5.73 Å². The van der Waals surface area contributed by atoms with Crippen molar-refractivity contribution in [2.75, 3.05) is 7.05 Å². The van der Waals surface area contributed by atoms with Crippen LogP contribution in [0, 0.1) is 5.82 Å². The molecule has 0 aromatic heterocycles. The lowest BCUT2D eigenvalue weighted by Gasteiger charge is -2.23. The van der Waals surface area contributed by atoms with Gasteiger partial charge in [-0.2, -0.15) is 0 Å². The molecule has 0 aliphatic heterocycles. The molecule has 0 radical (unpaired) electrons. The quantitative estimate of drug-likeness (QED) is 0.851. The standard InChI is InChI=1S/C13H20ClFN2/c1-13(2,16)7-6-12(17-3)10-8-9(14)4-5-11(10)15/h4-5,8,12,17H,6-7,16H2,1-3H3. The Morgan fingerprint density at radius 3 is 2.65 bits per heavy atom. The van der Waals surface area contributed by atoms with Crippen molar-refractivity contribution in [1.29, 1.82) is 0 Å². The molecule has 1 unspecified atom stereocenters. The molecule has 17 heavy (non-hydrogen) atoms. The van der Waals surface area contributed by atoms with E-state index in [0.717, 1.165) is 12.8 Å². The number of halogens is 2. The van der Waals surface area contributed by atoms with Gasteiger partial charge in [-0.25, -0.2) is 4.39 Å². The fourth-order valence-electron chi connectivity index (χ4n) is 1.75. The summed E-state index contributed by atoms with van der Waals surface area (Å²) in [6.07, 6.45) is 1.59. The molecule has 3 N–H and O–H groups in total. The predicted molar refractivity (Wildman–Crippen MR) is 70.7 cm³/mol. The zero-order valence-electron chi connectivity index (χ0n) is 10.6. The molecular weight excluding hydrogens is 239 g/mol. The molecule has 1 atom stereocenters. The molecule has 0 heterocycles. The van der Waals surface area contributed by atoms with Gasteiger partial charge in [-0.05, 0) is 51.9 Å². The van der Waals surface area contributed by atoms with Gasteiger partial charge in [0.25, 0.3) is 0 Å². The lowest BCUT2D eigenvalue weighted by molar-refractivity contribution is 0.404. The normalized spacial score (nSPS) is 13.8. The van der Waals surface area contributed by atoms with Crippen LogP contribution < -0.4 is 11.1 Å². The Labute approximate surface area is 107 Å². The summed E-state index contributed by atoms with van der Waals surface area (Å²) in [4.78, 5) is 0. The van der Waals surface area contributed by atoms with Gasteiger partial charge in [0.1, 0.15) is 5.82 Å². The van der Waals surface area contributed by atoms with Gasteiger partial charge in [0.2, 0.25) is 0 Å². The molecular formula is C13H20ClFN2. The van der Waals surface area contributed by atoms with Crippen molar-refractivity contribution < 1.29 is 4.39 Å². The molecule has 0 aliphatic carbocycles. The van der Waals surface area contributed by atoms with Crippen LogP contribution in [0.15, 0.2) is 18.2 Å². The molecule has 2 nitrogen and oxygen atoms in total. The smallest absolute Gasteiger partial charge is 0.128 e. The monoisotopic (exact) mass is 258 g/mol. The van der Waals surface area contributed by atoms with E-state index in [4.69, 9.17) is 17.3 Å². The van der Waals surface area contributed by atoms with Crippen LogP contribution in [-0.2, 0) is 0 Å². The van der Waals surface area contributed by atoms with Crippen LogP contribution in [0.4, 0.5) is 4.39 Å². The summed E-state index contributed by atoms with van der Waals surface area (Å²) in [5.74, 6) is -0.233. The first-order valence-electron chi connectivity index (χ1n) is 5.74. The van der Waals surface area contributed by atoms with Gasteiger partial charge in [-0.15, -0.1) is 0 Å². The van der Waals surface area contributed by atoms with Crippen LogP contribution in [0.2, 0.25) is 5.02 Å². The van der Waals surface area contributed by atoms with Gasteiger partial charge in [0.15, 0.2) is 0 Å². The lowest BCUT2D eigenvalue weighted by Crippen LogP contribution is -2.33. The van der Waals surface area contributed by atoms with E-state index in [0.29, 0.717) is 10.6 Å². The van der Waals surface area contributed by atoms with Gasteiger partial charge in [0, 0.05) is 22.2 Å². The van der Waals surface area contributed by atoms with Crippen molar-refractivity contribution in [1.82, 2.24) is 5.32 Å². The van der Waals surface area contributed by atoms with Crippen LogP contribution in [0.5, 0.6) is 0 Å². The van der Waals surface area contributed by atoms with Gasteiger partial charge < -0.3 is 11.1 Å². The fourth-order valence-corrected chi connectivity index (χ4v) is 1.93. The second-order valence-electron chi connectivity index (χ2n) is 5.03. The Morgan fingerprint density at radius 2 is 2.12 bits per heavy atom. The van der Waals surface area contributed by atoms with Crippen LogP contribution in [0.3, 0.4) is 0 Å². The van der Waals surface area contributed by atoms with E-state index in [1.54, 1.807) is 12.1 Å². The van der Waals surface area contributed by atoms with E-state index >= 15 is 0 Å². The van der Waals surface area contributed by atoms with E-state index in [1.165, 1.54) is 6.07 Å². The summed E-state index contributed by atoms with van der Waals surface area (Å²) >= 11 is 5.89. The minimum Gasteiger partial charge on any atom is -0.326 e. The Morgan fingerprint density at radius 1 is 1.47 bits per heavy atom. The van der Waals surface area contributed by atoms with Crippen molar-refractivity contribution in [2.45, 2.75) is 38.3 Å². The average Bonchev–Trinajstić information content (AvgIpc) is 2.22. The summed E-state index contributed by atoms with van der Waals surface area (Å²) in [6.45, 7) is 3.93. The Kier molecular flexibility index (Phi) is 4.92. The number of benzene rings is 1. The fraction of sp³-hybridized carbons (Fsp3) is 0.538. The molecule has 96 valence electrons. The number of nitrogens with one attached hydrogen (secondary N) is 1. The highest BCUT2D eigenvalue weighted by molar-refractivity contribution is 6.30. The Bertz CT molecular complexity index is 374. The first kappa shape index (κ1) is 14.4. The first-order valence-corrected chi connectivity index (χ1v) is 6.12. The van der Waals surface area contributed by atoms with Crippen molar-refractivity contribution >= 4 is 11.6 Å². The molecule has 1 rings (SSSR count). The minimum atomic E-state index is -0.246. The molecule has 0 saturated heterocycles.